The standard InChI is InChI=1S/C13H25N3O/c1-10(2)8-15-12(14)16-9-11-5-6-17-13(3,4)7-11/h11H,1,5-9H2,2-4H3,(H3,14,15,16). The number of hydrogen-bond donors (Lipinski definition) is 2. The van der Waals surface area contributed by atoms with Crippen molar-refractivity contribution in [2.24, 2.45) is 16.6 Å². The van der Waals surface area contributed by atoms with Crippen LogP contribution in [0, 0.1) is 5.92 Å². The molecule has 0 aromatic rings. The van der Waals surface area contributed by atoms with Crippen LogP contribution in [0.25, 0.3) is 0 Å². The smallest absolute Gasteiger partial charge is 0.188 e. The van der Waals surface area contributed by atoms with E-state index in [4.69, 9.17) is 10.5 Å². The molecule has 0 spiro atoms. The quantitative estimate of drug-likeness (QED) is 0.446. The molecule has 0 radical (unpaired) electrons. The van der Waals surface area contributed by atoms with Crippen LogP contribution < -0.4 is 11.1 Å². The van der Waals surface area contributed by atoms with Crippen LogP contribution in [0.1, 0.15) is 33.6 Å². The Kier molecular flexibility index (Phi) is 5.00. The summed E-state index contributed by atoms with van der Waals surface area (Å²) >= 11 is 0. The van der Waals surface area contributed by atoms with Crippen molar-refractivity contribution in [1.82, 2.24) is 5.32 Å². The van der Waals surface area contributed by atoms with E-state index < -0.39 is 0 Å². The average molecular weight is 239 g/mol. The van der Waals surface area contributed by atoms with Crippen molar-refractivity contribution < 1.29 is 4.74 Å². The van der Waals surface area contributed by atoms with Gasteiger partial charge in [0.1, 0.15) is 0 Å². The Hall–Kier alpha value is -1.03. The number of nitrogens with two attached hydrogens (primary N) is 1. The van der Waals surface area contributed by atoms with Crippen molar-refractivity contribution in [3.05, 3.63) is 12.2 Å². The number of rotatable bonds is 4. The Labute approximate surface area is 104 Å². The summed E-state index contributed by atoms with van der Waals surface area (Å²) in [7, 11) is 0. The molecule has 1 rings (SSSR count). The number of aliphatic imine (C=N–C) groups is 1. The zero-order valence-corrected chi connectivity index (χ0v) is 11.3. The Balaban J connectivity index is 2.30. The highest BCUT2D eigenvalue weighted by atomic mass is 16.5. The van der Waals surface area contributed by atoms with Crippen LogP contribution in [-0.2, 0) is 4.74 Å². The molecule has 1 atom stereocenters. The SMILES string of the molecule is C=C(C)CN=C(N)NCC1CCOC(C)(C)C1. The third kappa shape index (κ3) is 5.73. The molecule has 4 heteroatoms. The molecule has 1 unspecified atom stereocenters. The van der Waals surface area contributed by atoms with Crippen LogP contribution >= 0.6 is 0 Å². The molecule has 1 saturated heterocycles. The van der Waals surface area contributed by atoms with Gasteiger partial charge in [0.15, 0.2) is 5.96 Å². The molecule has 98 valence electrons. The van der Waals surface area contributed by atoms with Crippen LogP contribution in [0.2, 0.25) is 0 Å². The first-order valence-corrected chi connectivity index (χ1v) is 6.21. The molecule has 0 aliphatic carbocycles. The number of guanidine groups is 1. The molecule has 1 fully saturated rings. The van der Waals surface area contributed by atoms with Crippen molar-refractivity contribution in [3.8, 4) is 0 Å². The van der Waals surface area contributed by atoms with Crippen molar-refractivity contribution in [1.29, 1.82) is 0 Å². The van der Waals surface area contributed by atoms with Crippen LogP contribution in [0.4, 0.5) is 0 Å². The van der Waals surface area contributed by atoms with E-state index >= 15 is 0 Å². The van der Waals surface area contributed by atoms with Crippen LogP contribution in [0.5, 0.6) is 0 Å². The zero-order valence-electron chi connectivity index (χ0n) is 11.3. The fourth-order valence-electron chi connectivity index (χ4n) is 2.06. The number of nitrogens with zero attached hydrogens (tertiary/aromatic N) is 1. The van der Waals surface area contributed by atoms with Gasteiger partial charge in [-0.3, -0.25) is 0 Å². The van der Waals surface area contributed by atoms with E-state index in [1.165, 1.54) is 0 Å². The van der Waals surface area contributed by atoms with Gasteiger partial charge in [-0.25, -0.2) is 4.99 Å². The summed E-state index contributed by atoms with van der Waals surface area (Å²) in [5.41, 5.74) is 6.78. The maximum Gasteiger partial charge on any atom is 0.188 e. The van der Waals surface area contributed by atoms with Gasteiger partial charge in [0.05, 0.1) is 12.1 Å². The maximum absolute atomic E-state index is 5.77. The minimum Gasteiger partial charge on any atom is -0.376 e. The van der Waals surface area contributed by atoms with Gasteiger partial charge in [0.2, 0.25) is 0 Å². The fourth-order valence-corrected chi connectivity index (χ4v) is 2.06. The number of nitrogens with one attached hydrogen (secondary N) is 1. The Morgan fingerprint density at radius 2 is 2.29 bits per heavy atom. The summed E-state index contributed by atoms with van der Waals surface area (Å²) in [6.07, 6.45) is 2.15. The zero-order chi connectivity index (χ0) is 12.9. The van der Waals surface area contributed by atoms with Gasteiger partial charge in [-0.05, 0) is 39.5 Å². The molecule has 1 aliphatic heterocycles. The van der Waals surface area contributed by atoms with Gasteiger partial charge in [-0.2, -0.15) is 0 Å². The summed E-state index contributed by atoms with van der Waals surface area (Å²) in [5.74, 6) is 1.12. The van der Waals surface area contributed by atoms with E-state index in [2.05, 4.69) is 30.7 Å². The molecule has 4 nitrogen and oxygen atoms in total. The first-order valence-electron chi connectivity index (χ1n) is 6.21. The topological polar surface area (TPSA) is 59.6 Å². The molecular formula is C13H25N3O. The van der Waals surface area contributed by atoms with Crippen molar-refractivity contribution >= 4 is 5.96 Å². The van der Waals surface area contributed by atoms with Gasteiger partial charge >= 0.3 is 0 Å². The monoisotopic (exact) mass is 239 g/mol. The highest BCUT2D eigenvalue weighted by Gasteiger charge is 2.28. The number of hydrogen-bond acceptors (Lipinski definition) is 2. The minimum atomic E-state index is -0.00575. The van der Waals surface area contributed by atoms with E-state index in [1.54, 1.807) is 0 Å². The van der Waals surface area contributed by atoms with Crippen molar-refractivity contribution in [2.45, 2.75) is 39.2 Å². The van der Waals surface area contributed by atoms with E-state index in [-0.39, 0.29) is 5.60 Å². The van der Waals surface area contributed by atoms with Gasteiger partial charge in [-0.15, -0.1) is 0 Å². The highest BCUT2D eigenvalue weighted by molar-refractivity contribution is 5.77. The van der Waals surface area contributed by atoms with Crippen LogP contribution in [-0.4, -0.2) is 31.3 Å². The minimum absolute atomic E-state index is 0.00575. The molecule has 1 heterocycles. The van der Waals surface area contributed by atoms with E-state index in [9.17, 15) is 0 Å². The van der Waals surface area contributed by atoms with E-state index in [0.29, 0.717) is 18.4 Å². The molecule has 0 bridgehead atoms. The van der Waals surface area contributed by atoms with Gasteiger partial charge < -0.3 is 15.8 Å². The fraction of sp³-hybridized carbons (Fsp3) is 0.769. The summed E-state index contributed by atoms with van der Waals surface area (Å²) in [6, 6.07) is 0. The van der Waals surface area contributed by atoms with Crippen LogP contribution in [0.15, 0.2) is 17.1 Å². The second-order valence-electron chi connectivity index (χ2n) is 5.51. The Bertz CT molecular complexity index is 297. The lowest BCUT2D eigenvalue weighted by Gasteiger charge is -2.35. The molecule has 0 aromatic heterocycles. The normalized spacial score (nSPS) is 24.4. The van der Waals surface area contributed by atoms with Crippen molar-refractivity contribution in [2.75, 3.05) is 19.7 Å². The van der Waals surface area contributed by atoms with Crippen molar-refractivity contribution in [3.63, 3.8) is 0 Å². The number of ether oxygens (including phenoxy) is 1. The predicted octanol–water partition coefficient (Wildman–Crippen LogP) is 1.67. The van der Waals surface area contributed by atoms with Gasteiger partial charge in [-0.1, -0.05) is 12.2 Å². The second-order valence-corrected chi connectivity index (χ2v) is 5.51. The molecular weight excluding hydrogens is 214 g/mol. The third-order valence-corrected chi connectivity index (χ3v) is 2.89. The Morgan fingerprint density at radius 3 is 2.88 bits per heavy atom. The van der Waals surface area contributed by atoms with E-state index in [1.807, 2.05) is 6.92 Å². The summed E-state index contributed by atoms with van der Waals surface area (Å²) in [5, 5.41) is 3.18. The second kappa shape index (κ2) is 6.05. The third-order valence-electron chi connectivity index (χ3n) is 2.89. The highest BCUT2D eigenvalue weighted by Crippen LogP contribution is 2.27. The van der Waals surface area contributed by atoms with Gasteiger partial charge in [0, 0.05) is 13.2 Å². The summed E-state index contributed by atoms with van der Waals surface area (Å²) in [6.45, 7) is 12.3. The summed E-state index contributed by atoms with van der Waals surface area (Å²) < 4.78 is 5.68. The lowest BCUT2D eigenvalue weighted by Crippen LogP contribution is -2.41. The molecule has 0 aromatic carbocycles. The van der Waals surface area contributed by atoms with Gasteiger partial charge in [0.25, 0.3) is 0 Å². The summed E-state index contributed by atoms with van der Waals surface area (Å²) in [4.78, 5) is 4.20. The molecule has 17 heavy (non-hydrogen) atoms. The first-order chi connectivity index (χ1) is 7.89. The largest absolute Gasteiger partial charge is 0.376 e. The average Bonchev–Trinajstić information content (AvgIpc) is 2.22. The van der Waals surface area contributed by atoms with Crippen LogP contribution in [0.3, 0.4) is 0 Å². The molecule has 3 N–H and O–H groups in total. The maximum atomic E-state index is 5.77. The molecule has 0 saturated carbocycles. The first kappa shape index (κ1) is 14.0. The lowest BCUT2D eigenvalue weighted by molar-refractivity contribution is -0.0712. The predicted molar refractivity (Wildman–Crippen MR) is 72.1 cm³/mol. The lowest BCUT2D eigenvalue weighted by atomic mass is 9.88. The van der Waals surface area contributed by atoms with E-state index in [0.717, 1.165) is 31.6 Å². The Morgan fingerprint density at radius 1 is 1.59 bits per heavy atom. The molecule has 1 aliphatic rings. The molecule has 0 amide bonds.